The van der Waals surface area contributed by atoms with Crippen LogP contribution < -0.4 is 11.5 Å². The summed E-state index contributed by atoms with van der Waals surface area (Å²) in [4.78, 5) is 3.61. The van der Waals surface area contributed by atoms with Gasteiger partial charge in [0.25, 0.3) is 0 Å². The minimum atomic E-state index is 0.650. The van der Waals surface area contributed by atoms with Crippen molar-refractivity contribution in [1.29, 1.82) is 0 Å². The van der Waals surface area contributed by atoms with Gasteiger partial charge in [-0.1, -0.05) is 0 Å². The van der Waals surface area contributed by atoms with E-state index in [2.05, 4.69) is 0 Å². The molecular formula is C7H16N4. The molecule has 0 aliphatic carbocycles. The van der Waals surface area contributed by atoms with Crippen LogP contribution in [0.4, 0.5) is 0 Å². The first-order chi connectivity index (χ1) is 5.07. The van der Waals surface area contributed by atoms with Crippen LogP contribution in [0.3, 0.4) is 0 Å². The normalized spacial score (nSPS) is 12.1. The highest BCUT2D eigenvalue weighted by Gasteiger charge is 1.93. The molecule has 0 saturated carbocycles. The number of hydrogen-bond donors (Lipinski definition) is 2. The van der Waals surface area contributed by atoms with E-state index in [-0.39, 0.29) is 0 Å². The first-order valence-corrected chi connectivity index (χ1v) is 3.33. The Kier molecular flexibility index (Phi) is 3.95. The van der Waals surface area contributed by atoms with E-state index in [0.29, 0.717) is 5.82 Å². The summed E-state index contributed by atoms with van der Waals surface area (Å²) in [6.07, 6.45) is 4.94. The van der Waals surface area contributed by atoms with Crippen LogP contribution in [0.2, 0.25) is 0 Å². The Balaban J connectivity index is 4.11. The van der Waals surface area contributed by atoms with Crippen molar-refractivity contribution in [3.8, 4) is 0 Å². The van der Waals surface area contributed by atoms with E-state index in [0.717, 1.165) is 0 Å². The van der Waals surface area contributed by atoms with Crippen molar-refractivity contribution in [1.82, 2.24) is 9.80 Å². The van der Waals surface area contributed by atoms with Crippen LogP contribution in [0, 0.1) is 0 Å². The summed E-state index contributed by atoms with van der Waals surface area (Å²) >= 11 is 0. The van der Waals surface area contributed by atoms with Crippen molar-refractivity contribution >= 4 is 0 Å². The van der Waals surface area contributed by atoms with Gasteiger partial charge in [-0.15, -0.1) is 0 Å². The van der Waals surface area contributed by atoms with Crippen molar-refractivity contribution in [3.63, 3.8) is 0 Å². The van der Waals surface area contributed by atoms with Crippen LogP contribution in [0.15, 0.2) is 24.4 Å². The molecule has 0 unspecified atom stereocenters. The van der Waals surface area contributed by atoms with Crippen LogP contribution >= 0.6 is 0 Å². The zero-order chi connectivity index (χ0) is 8.85. The van der Waals surface area contributed by atoms with Gasteiger partial charge in [0.1, 0.15) is 5.82 Å². The molecule has 0 aliphatic rings. The molecule has 4 nitrogen and oxygen atoms in total. The van der Waals surface area contributed by atoms with Crippen LogP contribution in [-0.4, -0.2) is 30.9 Å². The predicted molar refractivity (Wildman–Crippen MR) is 47.0 cm³/mol. The third-order valence-electron chi connectivity index (χ3n) is 1.11. The van der Waals surface area contributed by atoms with Gasteiger partial charge in [-0.3, -0.25) is 0 Å². The van der Waals surface area contributed by atoms with Gasteiger partial charge in [-0.05, 0) is 0 Å². The molecule has 11 heavy (non-hydrogen) atoms. The lowest BCUT2D eigenvalue weighted by molar-refractivity contribution is 0.498. The summed E-state index contributed by atoms with van der Waals surface area (Å²) in [5.74, 6) is 0.650. The third-order valence-corrected chi connectivity index (χ3v) is 1.11. The van der Waals surface area contributed by atoms with Gasteiger partial charge in [0.2, 0.25) is 0 Å². The fraction of sp³-hybridized carbons (Fsp3) is 0.429. The Bertz CT molecular complexity index is 160. The Morgan fingerprint density at radius 2 is 1.82 bits per heavy atom. The van der Waals surface area contributed by atoms with Crippen molar-refractivity contribution in [2.24, 2.45) is 11.5 Å². The quantitative estimate of drug-likeness (QED) is 0.587. The van der Waals surface area contributed by atoms with Gasteiger partial charge in [-0.25, -0.2) is 0 Å². The molecule has 0 aromatic rings. The number of hydrogen-bond acceptors (Lipinski definition) is 4. The molecule has 0 bridgehead atoms. The topological polar surface area (TPSA) is 58.5 Å². The molecule has 0 spiro atoms. The lowest BCUT2D eigenvalue weighted by Crippen LogP contribution is -2.21. The van der Waals surface area contributed by atoms with Crippen LogP contribution in [0.5, 0.6) is 0 Å². The highest BCUT2D eigenvalue weighted by Crippen LogP contribution is 1.93. The van der Waals surface area contributed by atoms with Crippen molar-refractivity contribution in [2.45, 2.75) is 0 Å². The summed E-state index contributed by atoms with van der Waals surface area (Å²) in [5, 5.41) is 0. The molecule has 0 radical (unpaired) electrons. The Hall–Kier alpha value is -1.32. The van der Waals surface area contributed by atoms with E-state index in [4.69, 9.17) is 11.5 Å². The molecular weight excluding hydrogens is 140 g/mol. The molecule has 0 saturated heterocycles. The van der Waals surface area contributed by atoms with E-state index in [1.165, 1.54) is 6.20 Å². The first-order valence-electron chi connectivity index (χ1n) is 3.33. The first kappa shape index (κ1) is 9.68. The van der Waals surface area contributed by atoms with Crippen molar-refractivity contribution < 1.29 is 0 Å². The Labute approximate surface area is 67.7 Å². The minimum absolute atomic E-state index is 0.650. The zero-order valence-electron chi connectivity index (χ0n) is 7.28. The van der Waals surface area contributed by atoms with Crippen LogP contribution in [0.1, 0.15) is 0 Å². The zero-order valence-corrected chi connectivity index (χ0v) is 7.28. The van der Waals surface area contributed by atoms with Gasteiger partial charge in [0.05, 0.1) is 0 Å². The molecule has 4 heteroatoms. The smallest absolute Gasteiger partial charge is 0.119 e. The Morgan fingerprint density at radius 1 is 1.27 bits per heavy atom. The van der Waals surface area contributed by atoms with Crippen molar-refractivity contribution in [2.75, 3.05) is 21.1 Å². The monoisotopic (exact) mass is 156 g/mol. The highest BCUT2D eigenvalue weighted by molar-refractivity contribution is 4.98. The van der Waals surface area contributed by atoms with Gasteiger partial charge in [-0.2, -0.15) is 0 Å². The Morgan fingerprint density at radius 3 is 2.18 bits per heavy atom. The second kappa shape index (κ2) is 4.49. The summed E-state index contributed by atoms with van der Waals surface area (Å²) in [5.41, 5.74) is 10.8. The molecule has 0 amide bonds. The molecule has 0 heterocycles. The van der Waals surface area contributed by atoms with E-state index < -0.39 is 0 Å². The highest BCUT2D eigenvalue weighted by atomic mass is 15.2. The van der Waals surface area contributed by atoms with Crippen molar-refractivity contribution in [3.05, 3.63) is 24.4 Å². The molecule has 0 aliphatic heterocycles. The van der Waals surface area contributed by atoms with Gasteiger partial charge >= 0.3 is 0 Å². The molecule has 0 aromatic carbocycles. The molecule has 0 atom stereocenters. The maximum atomic E-state index is 5.64. The average Bonchev–Trinajstić information content (AvgIpc) is 1.86. The molecule has 0 fully saturated rings. The summed E-state index contributed by atoms with van der Waals surface area (Å²) < 4.78 is 0. The number of nitrogens with zero attached hydrogens (tertiary/aromatic N) is 2. The third kappa shape index (κ3) is 4.13. The van der Waals surface area contributed by atoms with Gasteiger partial charge in [0.15, 0.2) is 0 Å². The molecule has 0 aromatic heterocycles. The molecule has 64 valence electrons. The maximum absolute atomic E-state index is 5.64. The second-order valence-corrected chi connectivity index (χ2v) is 2.47. The fourth-order valence-electron chi connectivity index (χ4n) is 0.571. The largest absolute Gasteiger partial charge is 0.403 e. The van der Waals surface area contributed by atoms with Gasteiger partial charge in [0, 0.05) is 39.7 Å². The summed E-state index contributed by atoms with van der Waals surface area (Å²) in [7, 11) is 5.65. The van der Waals surface area contributed by atoms with Gasteiger partial charge < -0.3 is 21.3 Å². The lowest BCUT2D eigenvalue weighted by atomic mass is 10.6. The maximum Gasteiger partial charge on any atom is 0.119 e. The van der Waals surface area contributed by atoms with Crippen LogP contribution in [0.25, 0.3) is 0 Å². The molecule has 0 rings (SSSR count). The average molecular weight is 156 g/mol. The van der Waals surface area contributed by atoms with E-state index in [1.807, 2.05) is 26.0 Å². The number of rotatable bonds is 3. The molecule has 4 N–H and O–H groups in total. The van der Waals surface area contributed by atoms with Crippen LogP contribution in [-0.2, 0) is 0 Å². The standard InChI is InChI=1S/C7H16N4/c1-10(2)6-7(9)11(3)5-4-8/h4-6H,8-9H2,1-3H3/b5-4-,7-6-. The fourth-order valence-corrected chi connectivity index (χ4v) is 0.571. The minimum Gasteiger partial charge on any atom is -0.403 e. The summed E-state index contributed by atoms with van der Waals surface area (Å²) in [6, 6.07) is 0. The SMILES string of the molecule is CN(C)/C=C(/N)N(C)/C=C\N. The second-order valence-electron chi connectivity index (χ2n) is 2.47. The van der Waals surface area contributed by atoms with E-state index in [1.54, 1.807) is 17.3 Å². The predicted octanol–water partition coefficient (Wildman–Crippen LogP) is -0.333. The lowest BCUT2D eigenvalue weighted by Gasteiger charge is -2.15. The van der Waals surface area contributed by atoms with E-state index >= 15 is 0 Å². The number of nitrogens with two attached hydrogens (primary N) is 2. The van der Waals surface area contributed by atoms with E-state index in [9.17, 15) is 0 Å². The summed E-state index contributed by atoms with van der Waals surface area (Å²) in [6.45, 7) is 0.